The summed E-state index contributed by atoms with van der Waals surface area (Å²) in [5, 5.41) is 4.20. The number of rotatable bonds is 5. The van der Waals surface area contributed by atoms with Crippen LogP contribution in [0.3, 0.4) is 0 Å². The molecule has 202 valence electrons. The molecule has 5 heterocycles. The van der Waals surface area contributed by atoms with Gasteiger partial charge in [0.05, 0.1) is 18.6 Å². The third-order valence-electron chi connectivity index (χ3n) is 9.08. The number of hydrogen-bond acceptors (Lipinski definition) is 4. The van der Waals surface area contributed by atoms with Crippen LogP contribution in [-0.2, 0) is 13.0 Å². The van der Waals surface area contributed by atoms with E-state index in [-0.39, 0.29) is 24.3 Å². The SMILES string of the molecule is Cc1cc(C#CC23C[C@H]2CN(C2CC2)C3)cc(C(=O)NC(c2cc3ccccc3[nH]2)c2ncn3c2C[C@@H](F)C3)n1. The maximum Gasteiger partial charge on any atom is 0.270 e. The first-order valence-corrected chi connectivity index (χ1v) is 14.3. The Bertz CT molecular complexity index is 1690. The number of aromatic amines is 1. The maximum absolute atomic E-state index is 14.3. The number of nitrogens with one attached hydrogen (secondary N) is 2. The van der Waals surface area contributed by atoms with Crippen LogP contribution < -0.4 is 5.32 Å². The zero-order valence-corrected chi connectivity index (χ0v) is 22.5. The number of aromatic nitrogens is 4. The van der Waals surface area contributed by atoms with Crippen molar-refractivity contribution in [1.82, 2.24) is 29.7 Å². The first-order chi connectivity index (χ1) is 19.4. The second kappa shape index (κ2) is 8.77. The molecule has 2 aliphatic carbocycles. The largest absolute Gasteiger partial charge is 0.356 e. The molecule has 0 spiro atoms. The lowest BCUT2D eigenvalue weighted by Crippen LogP contribution is -2.31. The minimum atomic E-state index is -0.947. The second-order valence-electron chi connectivity index (χ2n) is 12.1. The molecule has 40 heavy (non-hydrogen) atoms. The molecule has 8 rings (SSSR count). The van der Waals surface area contributed by atoms with E-state index in [0.717, 1.165) is 46.1 Å². The van der Waals surface area contributed by atoms with Gasteiger partial charge in [0.2, 0.25) is 0 Å². The Morgan fingerprint density at radius 2 is 2.10 bits per heavy atom. The van der Waals surface area contributed by atoms with E-state index in [0.29, 0.717) is 17.3 Å². The van der Waals surface area contributed by atoms with Gasteiger partial charge in [-0.25, -0.2) is 14.4 Å². The summed E-state index contributed by atoms with van der Waals surface area (Å²) in [6.45, 7) is 4.44. The fourth-order valence-corrected chi connectivity index (χ4v) is 6.77. The number of halogens is 1. The van der Waals surface area contributed by atoms with E-state index in [2.05, 4.69) is 37.0 Å². The molecular weight excluding hydrogens is 503 g/mol. The third kappa shape index (κ3) is 4.11. The molecule has 7 nitrogen and oxygen atoms in total. The van der Waals surface area contributed by atoms with E-state index < -0.39 is 12.2 Å². The summed E-state index contributed by atoms with van der Waals surface area (Å²) < 4.78 is 16.1. The molecular formula is C32H31FN6O. The number of amides is 1. The molecule has 2 N–H and O–H groups in total. The Morgan fingerprint density at radius 3 is 2.95 bits per heavy atom. The fraction of sp³-hybridized carbons (Fsp3) is 0.406. The van der Waals surface area contributed by atoms with Crippen LogP contribution in [0.15, 0.2) is 48.8 Å². The zero-order chi connectivity index (χ0) is 27.0. The van der Waals surface area contributed by atoms with Gasteiger partial charge in [-0.1, -0.05) is 30.0 Å². The Balaban J connectivity index is 1.09. The number of nitrogens with zero attached hydrogens (tertiary/aromatic N) is 4. The average Bonchev–Trinajstić information content (AvgIpc) is 3.69. The third-order valence-corrected chi connectivity index (χ3v) is 9.08. The van der Waals surface area contributed by atoms with Gasteiger partial charge in [0.1, 0.15) is 17.9 Å². The average molecular weight is 535 g/mol. The summed E-state index contributed by atoms with van der Waals surface area (Å²) in [6, 6.07) is 13.9. The Kier molecular flexibility index (Phi) is 5.24. The van der Waals surface area contributed by atoms with Gasteiger partial charge in [-0.3, -0.25) is 9.69 Å². The van der Waals surface area contributed by atoms with Crippen LogP contribution in [0.5, 0.6) is 0 Å². The first-order valence-electron chi connectivity index (χ1n) is 14.3. The van der Waals surface area contributed by atoms with Crippen LogP contribution in [0.2, 0.25) is 0 Å². The van der Waals surface area contributed by atoms with E-state index in [1.807, 2.05) is 47.9 Å². The van der Waals surface area contributed by atoms with E-state index in [1.165, 1.54) is 25.8 Å². The highest BCUT2D eigenvalue weighted by molar-refractivity contribution is 5.93. The lowest BCUT2D eigenvalue weighted by atomic mass is 10.0. The number of H-pyrrole nitrogens is 1. The highest BCUT2D eigenvalue weighted by Gasteiger charge is 2.60. The molecule has 0 bridgehead atoms. The van der Waals surface area contributed by atoms with Gasteiger partial charge in [0, 0.05) is 59.1 Å². The highest BCUT2D eigenvalue weighted by Crippen LogP contribution is 2.59. The van der Waals surface area contributed by atoms with Gasteiger partial charge in [-0.15, -0.1) is 0 Å². The first kappa shape index (κ1) is 23.9. The van der Waals surface area contributed by atoms with Crippen molar-refractivity contribution >= 4 is 16.8 Å². The minimum absolute atomic E-state index is 0.124. The van der Waals surface area contributed by atoms with Crippen molar-refractivity contribution in [2.75, 3.05) is 13.1 Å². The number of hydrogen-bond donors (Lipinski definition) is 2. The van der Waals surface area contributed by atoms with Crippen molar-refractivity contribution in [2.24, 2.45) is 11.3 Å². The van der Waals surface area contributed by atoms with Crippen LogP contribution >= 0.6 is 0 Å². The summed E-state index contributed by atoms with van der Waals surface area (Å²) in [5.41, 5.74) is 5.24. The maximum atomic E-state index is 14.3. The van der Waals surface area contributed by atoms with E-state index >= 15 is 0 Å². The molecule has 1 aromatic carbocycles. The Hall–Kier alpha value is -3.96. The molecule has 4 aliphatic rings. The summed E-state index contributed by atoms with van der Waals surface area (Å²) in [4.78, 5) is 28.9. The summed E-state index contributed by atoms with van der Waals surface area (Å²) in [6.07, 6.45) is 4.84. The second-order valence-corrected chi connectivity index (χ2v) is 12.1. The van der Waals surface area contributed by atoms with E-state index in [9.17, 15) is 9.18 Å². The number of imidazole rings is 1. The van der Waals surface area contributed by atoms with Crippen LogP contribution in [0.4, 0.5) is 4.39 Å². The van der Waals surface area contributed by atoms with E-state index in [4.69, 9.17) is 0 Å². The van der Waals surface area contributed by atoms with Crippen molar-refractivity contribution < 1.29 is 9.18 Å². The predicted octanol–water partition coefficient (Wildman–Crippen LogP) is 4.32. The molecule has 8 heteroatoms. The highest BCUT2D eigenvalue weighted by atomic mass is 19.1. The molecule has 4 atom stereocenters. The lowest BCUT2D eigenvalue weighted by molar-refractivity contribution is 0.0936. The van der Waals surface area contributed by atoms with Crippen molar-refractivity contribution in [2.45, 2.75) is 57.4 Å². The molecule has 0 radical (unpaired) electrons. The van der Waals surface area contributed by atoms with Gasteiger partial charge in [0.15, 0.2) is 0 Å². The van der Waals surface area contributed by atoms with E-state index in [1.54, 1.807) is 12.4 Å². The quantitative estimate of drug-likeness (QED) is 0.374. The number of likely N-dealkylation sites (tertiary alicyclic amines) is 1. The predicted molar refractivity (Wildman–Crippen MR) is 149 cm³/mol. The number of aryl methyl sites for hydroxylation is 1. The Morgan fingerprint density at radius 1 is 1.23 bits per heavy atom. The number of para-hydroxylation sites is 1. The topological polar surface area (TPSA) is 78.8 Å². The number of piperidine rings is 1. The van der Waals surface area contributed by atoms with Crippen LogP contribution in [0.25, 0.3) is 10.9 Å². The van der Waals surface area contributed by atoms with Crippen LogP contribution in [0, 0.1) is 30.1 Å². The summed E-state index contributed by atoms with van der Waals surface area (Å²) >= 11 is 0. The molecule has 2 saturated carbocycles. The van der Waals surface area contributed by atoms with Gasteiger partial charge < -0.3 is 14.9 Å². The molecule has 1 saturated heterocycles. The van der Waals surface area contributed by atoms with Crippen molar-refractivity contribution in [3.8, 4) is 11.8 Å². The van der Waals surface area contributed by atoms with Crippen molar-refractivity contribution in [3.63, 3.8) is 0 Å². The molecule has 3 aromatic heterocycles. The molecule has 4 aromatic rings. The molecule has 3 fully saturated rings. The number of carbonyl (C=O) groups excluding carboxylic acids is 1. The summed E-state index contributed by atoms with van der Waals surface area (Å²) in [7, 11) is 0. The van der Waals surface area contributed by atoms with Gasteiger partial charge in [0.25, 0.3) is 5.91 Å². The number of carbonyl (C=O) groups is 1. The van der Waals surface area contributed by atoms with Gasteiger partial charge in [-0.05, 0) is 61.8 Å². The number of fused-ring (bicyclic) bond motifs is 3. The molecule has 2 aliphatic heterocycles. The Labute approximate surface area is 232 Å². The summed E-state index contributed by atoms with van der Waals surface area (Å²) in [5.74, 6) is 7.35. The van der Waals surface area contributed by atoms with Gasteiger partial charge >= 0.3 is 0 Å². The van der Waals surface area contributed by atoms with Gasteiger partial charge in [-0.2, -0.15) is 0 Å². The molecule has 1 amide bonds. The van der Waals surface area contributed by atoms with Crippen molar-refractivity contribution in [1.29, 1.82) is 0 Å². The number of alkyl halides is 1. The van der Waals surface area contributed by atoms with Crippen LogP contribution in [-0.4, -0.2) is 55.6 Å². The molecule has 2 unspecified atom stereocenters. The smallest absolute Gasteiger partial charge is 0.270 e. The normalized spacial score (nSPS) is 25.8. The standard InChI is InChI=1S/C32H31FN6O/c1-19-10-20(8-9-32-14-22(32)15-38(17-32)24-6-7-24)11-27(35-19)31(40)37-29(26-12-21-4-2-3-5-25(21)36-26)30-28-13-23(33)16-39(28)18-34-30/h2-5,10-12,18,22-24,29,36H,6-7,13-17H2,1H3,(H,37,40)/t22-,23+,29?,32?/m0/s1. The van der Waals surface area contributed by atoms with Crippen LogP contribution in [0.1, 0.15) is 64.1 Å². The van der Waals surface area contributed by atoms with Crippen molar-refractivity contribution in [3.05, 3.63) is 82.8 Å². The minimum Gasteiger partial charge on any atom is -0.356 e. The fourth-order valence-electron chi connectivity index (χ4n) is 6.77. The monoisotopic (exact) mass is 534 g/mol. The number of pyridine rings is 1. The lowest BCUT2D eigenvalue weighted by Gasteiger charge is -2.18. The zero-order valence-electron chi connectivity index (χ0n) is 22.5. The number of benzene rings is 1.